The van der Waals surface area contributed by atoms with Crippen LogP contribution in [0.4, 0.5) is 0 Å². The van der Waals surface area contributed by atoms with Gasteiger partial charge in [0.05, 0.1) is 12.8 Å². The van der Waals surface area contributed by atoms with Crippen LogP contribution in [0.1, 0.15) is 34.0 Å². The molecule has 4 rings (SSSR count). The van der Waals surface area contributed by atoms with Crippen molar-refractivity contribution >= 4 is 35.3 Å². The average Bonchev–Trinajstić information content (AvgIpc) is 2.93. The monoisotopic (exact) mass is 548 g/mol. The van der Waals surface area contributed by atoms with Gasteiger partial charge in [-0.15, -0.1) is 0 Å². The van der Waals surface area contributed by atoms with Crippen molar-refractivity contribution in [2.24, 2.45) is 5.10 Å². The number of hydrogen-bond donors (Lipinski definition) is 1. The topological polar surface area (TPSA) is 69.2 Å². The Kier molecular flexibility index (Phi) is 9.62. The molecule has 0 aliphatic rings. The lowest BCUT2D eigenvalue weighted by molar-refractivity contribution is 0.0954. The number of amides is 1. The molecule has 0 saturated heterocycles. The highest BCUT2D eigenvalue weighted by Gasteiger charge is 2.12. The highest BCUT2D eigenvalue weighted by molar-refractivity contribution is 6.35. The van der Waals surface area contributed by atoms with Gasteiger partial charge in [0.25, 0.3) is 5.91 Å². The van der Waals surface area contributed by atoms with Gasteiger partial charge in [-0.25, -0.2) is 5.43 Å². The number of benzene rings is 4. The third kappa shape index (κ3) is 7.75. The quantitative estimate of drug-likeness (QED) is 0.157. The van der Waals surface area contributed by atoms with Gasteiger partial charge in [0.15, 0.2) is 11.5 Å². The summed E-state index contributed by atoms with van der Waals surface area (Å²) >= 11 is 12.2. The van der Waals surface area contributed by atoms with Crippen LogP contribution in [0.15, 0.2) is 96.1 Å². The Morgan fingerprint density at radius 2 is 1.68 bits per heavy atom. The smallest absolute Gasteiger partial charge is 0.271 e. The molecule has 38 heavy (non-hydrogen) atoms. The SMILES string of the molecule is CCOc1cc(C(=O)N/N=C/c2cccc(OCc3ccc(Cl)cc3Cl)c2)ccc1OCc1ccccc1. The normalized spacial score (nSPS) is 10.8. The summed E-state index contributed by atoms with van der Waals surface area (Å²) in [5.41, 5.74) is 5.56. The molecule has 0 heterocycles. The van der Waals surface area contributed by atoms with Gasteiger partial charge in [-0.3, -0.25) is 4.79 Å². The maximum atomic E-state index is 12.7. The minimum atomic E-state index is -0.374. The third-order valence-corrected chi connectivity index (χ3v) is 5.98. The Bertz CT molecular complexity index is 1410. The number of hydrazone groups is 1. The summed E-state index contributed by atoms with van der Waals surface area (Å²) in [7, 11) is 0. The Hall–Kier alpha value is -4.00. The van der Waals surface area contributed by atoms with Gasteiger partial charge >= 0.3 is 0 Å². The van der Waals surface area contributed by atoms with E-state index in [9.17, 15) is 4.79 Å². The van der Waals surface area contributed by atoms with E-state index in [1.807, 2.05) is 67.6 Å². The van der Waals surface area contributed by atoms with Crippen molar-refractivity contribution < 1.29 is 19.0 Å². The number of rotatable bonds is 11. The molecule has 6 nitrogen and oxygen atoms in total. The van der Waals surface area contributed by atoms with Gasteiger partial charge in [-0.2, -0.15) is 5.10 Å². The van der Waals surface area contributed by atoms with Crippen LogP contribution in [0, 0.1) is 0 Å². The number of hydrogen-bond acceptors (Lipinski definition) is 5. The molecule has 0 unspecified atom stereocenters. The first-order valence-corrected chi connectivity index (χ1v) is 12.7. The number of carbonyl (C=O) groups excluding carboxylic acids is 1. The standard InChI is InChI=1S/C30H26Cl2N2O4/c1-2-36-29-16-23(12-14-28(29)38-19-21-7-4-3-5-8-21)30(35)34-33-18-22-9-6-10-26(15-22)37-20-24-11-13-25(31)17-27(24)32/h3-18H,2,19-20H2,1H3,(H,34,35)/b33-18+. The molecule has 0 radical (unpaired) electrons. The fourth-order valence-corrected chi connectivity index (χ4v) is 3.95. The molecule has 0 fully saturated rings. The van der Waals surface area contributed by atoms with Gasteiger partial charge in [-0.05, 0) is 60.5 Å². The maximum absolute atomic E-state index is 12.7. The number of halogens is 2. The molecular formula is C30H26Cl2N2O4. The molecule has 1 N–H and O–H groups in total. The second-order valence-electron chi connectivity index (χ2n) is 8.16. The summed E-state index contributed by atoms with van der Waals surface area (Å²) in [4.78, 5) is 12.7. The van der Waals surface area contributed by atoms with Crippen LogP contribution in [-0.2, 0) is 13.2 Å². The molecule has 4 aromatic carbocycles. The number of nitrogens with zero attached hydrogens (tertiary/aromatic N) is 1. The molecule has 1 amide bonds. The average molecular weight is 549 g/mol. The zero-order chi connectivity index (χ0) is 26.7. The summed E-state index contributed by atoms with van der Waals surface area (Å²) in [6.45, 7) is 3.00. The first kappa shape index (κ1) is 27.0. The minimum Gasteiger partial charge on any atom is -0.490 e. The fraction of sp³-hybridized carbons (Fsp3) is 0.133. The predicted molar refractivity (Wildman–Crippen MR) is 151 cm³/mol. The molecule has 8 heteroatoms. The number of nitrogens with one attached hydrogen (secondary N) is 1. The summed E-state index contributed by atoms with van der Waals surface area (Å²) < 4.78 is 17.5. The van der Waals surface area contributed by atoms with Crippen molar-refractivity contribution in [3.8, 4) is 17.2 Å². The van der Waals surface area contributed by atoms with E-state index in [0.717, 1.165) is 16.7 Å². The van der Waals surface area contributed by atoms with Crippen molar-refractivity contribution in [1.29, 1.82) is 0 Å². The van der Waals surface area contributed by atoms with Crippen LogP contribution in [0.2, 0.25) is 10.0 Å². The molecule has 0 aliphatic carbocycles. The third-order valence-electron chi connectivity index (χ3n) is 5.39. The molecule has 0 aromatic heterocycles. The first-order chi connectivity index (χ1) is 18.5. The summed E-state index contributed by atoms with van der Waals surface area (Å²) in [6, 6.07) is 27.5. The van der Waals surface area contributed by atoms with Crippen molar-refractivity contribution in [2.75, 3.05) is 6.61 Å². The van der Waals surface area contributed by atoms with Gasteiger partial charge in [-0.1, -0.05) is 71.7 Å². The van der Waals surface area contributed by atoms with Crippen LogP contribution >= 0.6 is 23.2 Å². The van der Waals surface area contributed by atoms with Crippen molar-refractivity contribution in [3.05, 3.63) is 123 Å². The van der Waals surface area contributed by atoms with E-state index in [1.165, 1.54) is 0 Å². The molecule has 0 bridgehead atoms. The summed E-state index contributed by atoms with van der Waals surface area (Å²) in [6.07, 6.45) is 1.54. The van der Waals surface area contributed by atoms with Crippen LogP contribution in [0.3, 0.4) is 0 Å². The summed E-state index contributed by atoms with van der Waals surface area (Å²) in [5.74, 6) is 1.32. The van der Waals surface area contributed by atoms with Gasteiger partial charge in [0.1, 0.15) is 19.0 Å². The molecule has 4 aromatic rings. The van der Waals surface area contributed by atoms with Gasteiger partial charge in [0.2, 0.25) is 0 Å². The van der Waals surface area contributed by atoms with E-state index in [2.05, 4.69) is 10.5 Å². The minimum absolute atomic E-state index is 0.292. The van der Waals surface area contributed by atoms with E-state index in [0.29, 0.717) is 52.7 Å². The predicted octanol–water partition coefficient (Wildman–Crippen LogP) is 7.31. The second-order valence-corrected chi connectivity index (χ2v) is 9.01. The largest absolute Gasteiger partial charge is 0.490 e. The number of carbonyl (C=O) groups is 1. The fourth-order valence-electron chi connectivity index (χ4n) is 3.49. The molecule has 194 valence electrons. The van der Waals surface area contributed by atoms with E-state index >= 15 is 0 Å². The number of ether oxygens (including phenoxy) is 3. The molecule has 0 saturated carbocycles. The van der Waals surface area contributed by atoms with Crippen molar-refractivity contribution in [1.82, 2.24) is 5.43 Å². The van der Waals surface area contributed by atoms with E-state index in [1.54, 1.807) is 36.5 Å². The van der Waals surface area contributed by atoms with E-state index in [-0.39, 0.29) is 5.91 Å². The molecule has 0 atom stereocenters. The van der Waals surface area contributed by atoms with Gasteiger partial charge < -0.3 is 14.2 Å². The Labute approximate surface area is 231 Å². The highest BCUT2D eigenvalue weighted by atomic mass is 35.5. The molecule has 0 aliphatic heterocycles. The van der Waals surface area contributed by atoms with Crippen LogP contribution in [0.5, 0.6) is 17.2 Å². The van der Waals surface area contributed by atoms with Crippen molar-refractivity contribution in [3.63, 3.8) is 0 Å². The molecular weight excluding hydrogens is 523 g/mol. The van der Waals surface area contributed by atoms with Gasteiger partial charge in [0, 0.05) is 21.2 Å². The van der Waals surface area contributed by atoms with E-state index < -0.39 is 0 Å². The highest BCUT2D eigenvalue weighted by Crippen LogP contribution is 2.29. The second kappa shape index (κ2) is 13.5. The lowest BCUT2D eigenvalue weighted by Gasteiger charge is -2.13. The van der Waals surface area contributed by atoms with Crippen LogP contribution < -0.4 is 19.6 Å². The zero-order valence-corrected chi connectivity index (χ0v) is 22.2. The lowest BCUT2D eigenvalue weighted by Crippen LogP contribution is -2.17. The van der Waals surface area contributed by atoms with Crippen LogP contribution in [0.25, 0.3) is 0 Å². The summed E-state index contributed by atoms with van der Waals surface area (Å²) in [5, 5.41) is 5.20. The lowest BCUT2D eigenvalue weighted by atomic mass is 10.2. The zero-order valence-electron chi connectivity index (χ0n) is 20.7. The first-order valence-electron chi connectivity index (χ1n) is 12.0. The van der Waals surface area contributed by atoms with E-state index in [4.69, 9.17) is 37.4 Å². The maximum Gasteiger partial charge on any atom is 0.271 e. The molecule has 0 spiro atoms. The Balaban J connectivity index is 1.35. The van der Waals surface area contributed by atoms with Crippen molar-refractivity contribution in [2.45, 2.75) is 20.1 Å². The van der Waals surface area contributed by atoms with Crippen LogP contribution in [-0.4, -0.2) is 18.7 Å². The Morgan fingerprint density at radius 1 is 0.842 bits per heavy atom. The Morgan fingerprint density at radius 3 is 2.47 bits per heavy atom.